The largest absolute Gasteiger partial charge is 0.417 e. The molecule has 3 rings (SSSR count). The van der Waals surface area contributed by atoms with Crippen LogP contribution in [-0.4, -0.2) is 20.7 Å². The third-order valence-corrected chi connectivity index (χ3v) is 5.16. The van der Waals surface area contributed by atoms with E-state index in [1.54, 1.807) is 13.8 Å². The smallest absolute Gasteiger partial charge is 0.322 e. The van der Waals surface area contributed by atoms with Crippen molar-refractivity contribution in [2.75, 3.05) is 5.32 Å². The zero-order valence-corrected chi connectivity index (χ0v) is 18.5. The summed E-state index contributed by atoms with van der Waals surface area (Å²) in [5.74, 6) is -0.364. The molecule has 2 aromatic heterocycles. The number of alkyl halides is 3. The van der Waals surface area contributed by atoms with E-state index in [1.165, 1.54) is 4.68 Å². The molecule has 0 atom stereocenters. The Hall–Kier alpha value is -2.87. The van der Waals surface area contributed by atoms with Gasteiger partial charge in [0, 0.05) is 11.9 Å². The van der Waals surface area contributed by atoms with E-state index in [4.69, 9.17) is 11.6 Å². The van der Waals surface area contributed by atoms with Crippen LogP contribution in [0.15, 0.2) is 36.5 Å². The molecule has 3 aromatic rings. The lowest BCUT2D eigenvalue weighted by molar-refractivity contribution is -0.137. The molecule has 1 N–H and O–H groups in total. The molecule has 0 aliphatic carbocycles. The average molecular weight is 451 g/mol. The van der Waals surface area contributed by atoms with E-state index in [2.05, 4.69) is 36.2 Å². The molecule has 5 nitrogen and oxygen atoms in total. The fourth-order valence-electron chi connectivity index (χ4n) is 3.17. The molecule has 164 valence electrons. The summed E-state index contributed by atoms with van der Waals surface area (Å²) in [6.07, 6.45) is -3.87. The van der Waals surface area contributed by atoms with Gasteiger partial charge in [-0.3, -0.25) is 4.79 Å². The van der Waals surface area contributed by atoms with Crippen molar-refractivity contribution < 1.29 is 18.0 Å². The fraction of sp³-hybridized carbons (Fsp3) is 0.318. The monoisotopic (exact) mass is 450 g/mol. The van der Waals surface area contributed by atoms with Gasteiger partial charge in [0.15, 0.2) is 5.82 Å². The van der Waals surface area contributed by atoms with E-state index in [9.17, 15) is 18.0 Å². The number of aromatic nitrogens is 3. The van der Waals surface area contributed by atoms with Crippen LogP contribution in [-0.2, 0) is 11.6 Å². The SMILES string of the molecule is Cc1nn(-c2ncc(C(F)(F)F)cc2Cl)c(C)c1C(=O)Nc1ccc(C(C)(C)C)cc1. The Morgan fingerprint density at radius 3 is 2.19 bits per heavy atom. The van der Waals surface area contributed by atoms with Crippen LogP contribution in [0.2, 0.25) is 5.02 Å². The Bertz CT molecular complexity index is 1130. The Morgan fingerprint density at radius 1 is 1.06 bits per heavy atom. The van der Waals surface area contributed by atoms with Crippen LogP contribution in [0.3, 0.4) is 0 Å². The summed E-state index contributed by atoms with van der Waals surface area (Å²) < 4.78 is 39.9. The fourth-order valence-corrected chi connectivity index (χ4v) is 3.41. The molecule has 0 unspecified atom stereocenters. The van der Waals surface area contributed by atoms with Crippen molar-refractivity contribution in [1.29, 1.82) is 0 Å². The van der Waals surface area contributed by atoms with Crippen LogP contribution in [0, 0.1) is 13.8 Å². The highest BCUT2D eigenvalue weighted by atomic mass is 35.5. The van der Waals surface area contributed by atoms with Gasteiger partial charge in [-0.25, -0.2) is 9.67 Å². The summed E-state index contributed by atoms with van der Waals surface area (Å²) >= 11 is 6.04. The summed E-state index contributed by atoms with van der Waals surface area (Å²) in [5.41, 5.74) is 1.90. The minimum Gasteiger partial charge on any atom is -0.322 e. The van der Waals surface area contributed by atoms with Crippen LogP contribution in [0.25, 0.3) is 5.82 Å². The second kappa shape index (κ2) is 8.00. The maximum absolute atomic E-state index is 12.9. The zero-order valence-electron chi connectivity index (χ0n) is 17.7. The number of aryl methyl sites for hydroxylation is 1. The first-order valence-electron chi connectivity index (χ1n) is 9.50. The number of carbonyl (C=O) groups excluding carboxylic acids is 1. The number of hydrogen-bond donors (Lipinski definition) is 1. The number of amides is 1. The van der Waals surface area contributed by atoms with Gasteiger partial charge in [-0.1, -0.05) is 44.5 Å². The van der Waals surface area contributed by atoms with Gasteiger partial charge in [0.25, 0.3) is 5.91 Å². The minimum absolute atomic E-state index is 0.00914. The first-order valence-corrected chi connectivity index (χ1v) is 9.88. The summed E-state index contributed by atoms with van der Waals surface area (Å²) in [7, 11) is 0. The molecule has 0 aliphatic rings. The molecule has 0 saturated carbocycles. The molecular weight excluding hydrogens is 429 g/mol. The number of benzene rings is 1. The van der Waals surface area contributed by atoms with Gasteiger partial charge in [-0.05, 0) is 43.0 Å². The van der Waals surface area contributed by atoms with Crippen molar-refractivity contribution in [3.8, 4) is 5.82 Å². The lowest BCUT2D eigenvalue weighted by Gasteiger charge is -2.19. The molecule has 0 aliphatic heterocycles. The maximum atomic E-state index is 12.9. The minimum atomic E-state index is -4.56. The molecule has 9 heteroatoms. The quantitative estimate of drug-likeness (QED) is 0.524. The Labute approximate surface area is 183 Å². The number of carbonyl (C=O) groups is 1. The van der Waals surface area contributed by atoms with Gasteiger partial charge in [-0.2, -0.15) is 18.3 Å². The predicted octanol–water partition coefficient (Wildman–Crippen LogP) is 6.11. The number of nitrogens with one attached hydrogen (secondary N) is 1. The van der Waals surface area contributed by atoms with E-state index < -0.39 is 11.7 Å². The summed E-state index contributed by atoms with van der Waals surface area (Å²) in [6, 6.07) is 8.33. The lowest BCUT2D eigenvalue weighted by atomic mass is 9.87. The molecule has 0 spiro atoms. The number of rotatable bonds is 3. The van der Waals surface area contributed by atoms with Crippen molar-refractivity contribution in [3.63, 3.8) is 0 Å². The van der Waals surface area contributed by atoms with Gasteiger partial charge in [-0.15, -0.1) is 0 Å². The van der Waals surface area contributed by atoms with E-state index in [0.29, 0.717) is 28.8 Å². The summed E-state index contributed by atoms with van der Waals surface area (Å²) in [5, 5.41) is 6.88. The molecule has 0 saturated heterocycles. The molecule has 0 bridgehead atoms. The number of nitrogens with zero attached hydrogens (tertiary/aromatic N) is 3. The molecule has 31 heavy (non-hydrogen) atoms. The van der Waals surface area contributed by atoms with Crippen LogP contribution in [0.4, 0.5) is 18.9 Å². The van der Waals surface area contributed by atoms with Gasteiger partial charge in [0.05, 0.1) is 27.5 Å². The number of pyridine rings is 1. The first kappa shape index (κ1) is 22.8. The van der Waals surface area contributed by atoms with E-state index in [-0.39, 0.29) is 22.2 Å². The van der Waals surface area contributed by atoms with Crippen LogP contribution < -0.4 is 5.32 Å². The second-order valence-electron chi connectivity index (χ2n) is 8.27. The summed E-state index contributed by atoms with van der Waals surface area (Å²) in [4.78, 5) is 16.7. The number of anilines is 1. The average Bonchev–Trinajstić information content (AvgIpc) is 2.94. The normalized spacial score (nSPS) is 12.2. The predicted molar refractivity (Wildman–Crippen MR) is 114 cm³/mol. The Kier molecular flexibility index (Phi) is 5.88. The van der Waals surface area contributed by atoms with E-state index in [1.807, 2.05) is 24.3 Å². The number of hydrogen-bond acceptors (Lipinski definition) is 3. The Morgan fingerprint density at radius 2 is 1.68 bits per heavy atom. The third kappa shape index (κ3) is 4.74. The Balaban J connectivity index is 1.90. The molecular formula is C22H22ClF3N4O. The first-order chi connectivity index (χ1) is 14.3. The zero-order chi connectivity index (χ0) is 23.1. The molecule has 0 radical (unpaired) electrons. The maximum Gasteiger partial charge on any atom is 0.417 e. The molecule has 2 heterocycles. The van der Waals surface area contributed by atoms with Crippen molar-refractivity contribution in [2.24, 2.45) is 0 Å². The molecule has 0 fully saturated rings. The van der Waals surface area contributed by atoms with Crippen LogP contribution in [0.5, 0.6) is 0 Å². The van der Waals surface area contributed by atoms with Crippen molar-refractivity contribution in [3.05, 3.63) is 69.6 Å². The topological polar surface area (TPSA) is 59.8 Å². The molecule has 1 amide bonds. The van der Waals surface area contributed by atoms with Gasteiger partial charge in [0.2, 0.25) is 0 Å². The van der Waals surface area contributed by atoms with Gasteiger partial charge >= 0.3 is 6.18 Å². The highest BCUT2D eigenvalue weighted by Crippen LogP contribution is 2.32. The highest BCUT2D eigenvalue weighted by Gasteiger charge is 2.32. The van der Waals surface area contributed by atoms with Gasteiger partial charge in [0.1, 0.15) is 0 Å². The van der Waals surface area contributed by atoms with E-state index >= 15 is 0 Å². The lowest BCUT2D eigenvalue weighted by Crippen LogP contribution is -2.15. The van der Waals surface area contributed by atoms with Crippen molar-refractivity contribution in [2.45, 2.75) is 46.2 Å². The van der Waals surface area contributed by atoms with Crippen molar-refractivity contribution >= 4 is 23.2 Å². The highest BCUT2D eigenvalue weighted by molar-refractivity contribution is 6.32. The van der Waals surface area contributed by atoms with Crippen LogP contribution >= 0.6 is 11.6 Å². The molecule has 1 aromatic carbocycles. The number of halogens is 4. The van der Waals surface area contributed by atoms with Crippen LogP contribution in [0.1, 0.15) is 53.6 Å². The second-order valence-corrected chi connectivity index (χ2v) is 8.67. The third-order valence-electron chi connectivity index (χ3n) is 4.88. The van der Waals surface area contributed by atoms with Gasteiger partial charge < -0.3 is 5.32 Å². The van der Waals surface area contributed by atoms with Crippen molar-refractivity contribution in [1.82, 2.24) is 14.8 Å². The van der Waals surface area contributed by atoms with E-state index in [0.717, 1.165) is 11.6 Å². The summed E-state index contributed by atoms with van der Waals surface area (Å²) in [6.45, 7) is 9.57. The standard InChI is InChI=1S/C22H22ClF3N4O/c1-12-18(20(31)28-16-8-6-14(7-9-16)21(3,4)5)13(2)30(29-12)19-17(23)10-15(11-27-19)22(24,25)26/h6-11H,1-5H3,(H,28,31).